The van der Waals surface area contributed by atoms with Crippen LogP contribution in [0.1, 0.15) is 32.8 Å². The Kier molecular flexibility index (Phi) is 7.73. The van der Waals surface area contributed by atoms with Crippen molar-refractivity contribution in [1.82, 2.24) is 0 Å². The molecular formula is C22H25Cl2N2O4S2+. The second-order valence-corrected chi connectivity index (χ2v) is 10.9. The fourth-order valence-corrected chi connectivity index (χ4v) is 6.54. The number of ether oxygens (including phenoxy) is 1. The van der Waals surface area contributed by atoms with E-state index in [9.17, 15) is 8.42 Å². The van der Waals surface area contributed by atoms with Gasteiger partial charge in [-0.15, -0.1) is 0 Å². The lowest BCUT2D eigenvalue weighted by Gasteiger charge is -2.10. The third-order valence-corrected chi connectivity index (χ3v) is 8.52. The van der Waals surface area contributed by atoms with Crippen LogP contribution in [0, 0.1) is 27.7 Å². The van der Waals surface area contributed by atoms with Gasteiger partial charge >= 0.3 is 15.3 Å². The molecule has 0 atom stereocenters. The summed E-state index contributed by atoms with van der Waals surface area (Å²) >= 11 is 13.5. The zero-order chi connectivity index (χ0) is 23.6. The average molecular weight is 516 g/mol. The number of aryl methyl sites for hydroxylation is 3. The van der Waals surface area contributed by atoms with Gasteiger partial charge in [0.05, 0.1) is 18.1 Å². The lowest BCUT2D eigenvalue weighted by atomic mass is 10.1. The Morgan fingerprint density at radius 2 is 1.66 bits per heavy atom. The number of nitrogen functional groups attached to an aromatic ring is 1. The second kappa shape index (κ2) is 9.97. The van der Waals surface area contributed by atoms with E-state index in [1.165, 1.54) is 16.0 Å². The van der Waals surface area contributed by atoms with E-state index in [1.54, 1.807) is 39.0 Å². The Labute approximate surface area is 202 Å². The van der Waals surface area contributed by atoms with Crippen molar-refractivity contribution in [3.8, 4) is 5.19 Å². The van der Waals surface area contributed by atoms with E-state index < -0.39 is 10.1 Å². The van der Waals surface area contributed by atoms with Gasteiger partial charge < -0.3 is 8.92 Å². The maximum Gasteiger partial charge on any atom is 0.475 e. The van der Waals surface area contributed by atoms with Crippen molar-refractivity contribution in [1.29, 1.82) is 0 Å². The molecule has 0 unspecified atom stereocenters. The quantitative estimate of drug-likeness (QED) is 0.201. The number of hydrogen-bond donors (Lipinski definition) is 1. The minimum atomic E-state index is -4.04. The zero-order valence-corrected chi connectivity index (χ0v) is 21.4. The largest absolute Gasteiger partial charge is 0.475 e. The third kappa shape index (κ3) is 5.38. The summed E-state index contributed by atoms with van der Waals surface area (Å²) in [5.74, 6) is 6.09. The van der Waals surface area contributed by atoms with E-state index in [0.717, 1.165) is 16.0 Å². The molecule has 0 saturated carbocycles. The van der Waals surface area contributed by atoms with E-state index in [-0.39, 0.29) is 16.7 Å². The van der Waals surface area contributed by atoms with Crippen molar-refractivity contribution < 1.29 is 22.0 Å². The molecule has 3 aromatic rings. The first-order valence-electron chi connectivity index (χ1n) is 9.83. The first kappa shape index (κ1) is 24.8. The Morgan fingerprint density at radius 1 is 1.06 bits per heavy atom. The molecule has 0 aliphatic heterocycles. The van der Waals surface area contributed by atoms with Gasteiger partial charge in [0.15, 0.2) is 0 Å². The standard InChI is InChI=1S/C22H25Cl2N2O4S2/c1-13-10-14(2)21(15(3)11-13)32(27,28)30-22-26(25)16(4)20(31-22)8-9-29-12-17-18(23)6-5-7-19(17)24/h5-7,10-11H,8-9,12,25H2,1-4H3/q+1. The number of benzene rings is 2. The highest BCUT2D eigenvalue weighted by atomic mass is 35.5. The smallest absolute Gasteiger partial charge is 0.376 e. The lowest BCUT2D eigenvalue weighted by molar-refractivity contribution is -0.643. The third-order valence-electron chi connectivity index (χ3n) is 4.99. The number of thiazole rings is 1. The van der Waals surface area contributed by atoms with Gasteiger partial charge in [-0.1, -0.05) is 47.0 Å². The van der Waals surface area contributed by atoms with Crippen molar-refractivity contribution in [3.05, 3.63) is 73.2 Å². The van der Waals surface area contributed by atoms with Crippen molar-refractivity contribution in [3.63, 3.8) is 0 Å². The molecule has 0 amide bonds. The highest BCUT2D eigenvalue weighted by molar-refractivity contribution is 7.87. The van der Waals surface area contributed by atoms with Gasteiger partial charge in [-0.05, 0) is 60.0 Å². The predicted octanol–water partition coefficient (Wildman–Crippen LogP) is 4.82. The molecule has 2 aromatic carbocycles. The van der Waals surface area contributed by atoms with Crippen LogP contribution >= 0.6 is 34.5 Å². The molecule has 0 radical (unpaired) electrons. The normalized spacial score (nSPS) is 11.7. The summed E-state index contributed by atoms with van der Waals surface area (Å²) < 4.78 is 38.4. The van der Waals surface area contributed by atoms with Crippen LogP contribution in [0.25, 0.3) is 0 Å². The summed E-state index contributed by atoms with van der Waals surface area (Å²) in [5, 5.41) is 1.19. The molecule has 0 fully saturated rings. The fraction of sp³-hybridized carbons (Fsp3) is 0.318. The lowest BCUT2D eigenvalue weighted by Crippen LogP contribution is -2.47. The van der Waals surface area contributed by atoms with Crippen LogP contribution in [-0.4, -0.2) is 15.0 Å². The van der Waals surface area contributed by atoms with E-state index in [1.807, 2.05) is 19.1 Å². The number of aromatic nitrogens is 1. The van der Waals surface area contributed by atoms with Crippen LogP contribution < -0.4 is 14.7 Å². The van der Waals surface area contributed by atoms with Gasteiger partial charge in [-0.2, -0.15) is 8.42 Å². The summed E-state index contributed by atoms with van der Waals surface area (Å²) in [5.41, 5.74) is 3.68. The van der Waals surface area contributed by atoms with Crippen LogP contribution in [0.3, 0.4) is 0 Å². The van der Waals surface area contributed by atoms with Crippen molar-refractivity contribution >= 4 is 44.7 Å². The predicted molar refractivity (Wildman–Crippen MR) is 128 cm³/mol. The van der Waals surface area contributed by atoms with E-state index >= 15 is 0 Å². The highest BCUT2D eigenvalue weighted by Gasteiger charge is 2.31. The van der Waals surface area contributed by atoms with Crippen LogP contribution in [0.15, 0.2) is 35.2 Å². The molecular weight excluding hydrogens is 491 g/mol. The molecule has 10 heteroatoms. The summed E-state index contributed by atoms with van der Waals surface area (Å²) in [6.45, 7) is 7.88. The molecule has 32 heavy (non-hydrogen) atoms. The summed E-state index contributed by atoms with van der Waals surface area (Å²) in [4.78, 5) is 1.02. The molecule has 0 spiro atoms. The SMILES string of the molecule is Cc1cc(C)c(S(=O)(=O)Oc2sc(CCOCc3c(Cl)cccc3Cl)c(C)[n+]2N)c(C)c1. The Bertz CT molecular complexity index is 1210. The zero-order valence-electron chi connectivity index (χ0n) is 18.2. The number of hydrogen-bond acceptors (Lipinski definition) is 6. The van der Waals surface area contributed by atoms with Gasteiger partial charge in [0.25, 0.3) is 0 Å². The van der Waals surface area contributed by atoms with Gasteiger partial charge in [0.1, 0.15) is 4.90 Å². The molecule has 3 rings (SSSR count). The minimum Gasteiger partial charge on any atom is -0.376 e. The molecule has 0 aliphatic rings. The van der Waals surface area contributed by atoms with Crippen molar-refractivity contribution in [2.45, 2.75) is 45.6 Å². The Hall–Kier alpha value is -1.84. The van der Waals surface area contributed by atoms with Gasteiger partial charge in [0.2, 0.25) is 5.69 Å². The van der Waals surface area contributed by atoms with Gasteiger partial charge in [-0.25, -0.2) is 5.84 Å². The van der Waals surface area contributed by atoms with E-state index in [2.05, 4.69) is 0 Å². The van der Waals surface area contributed by atoms with Crippen LogP contribution in [0.4, 0.5) is 0 Å². The van der Waals surface area contributed by atoms with Gasteiger partial charge in [-0.3, -0.25) is 0 Å². The van der Waals surface area contributed by atoms with Crippen molar-refractivity contribution in [2.24, 2.45) is 0 Å². The number of nitrogens with zero attached hydrogens (tertiary/aromatic N) is 1. The first-order chi connectivity index (χ1) is 15.0. The maximum atomic E-state index is 13.0. The summed E-state index contributed by atoms with van der Waals surface area (Å²) in [7, 11) is -4.04. The van der Waals surface area contributed by atoms with Crippen LogP contribution in [0.5, 0.6) is 5.19 Å². The second-order valence-electron chi connectivity index (χ2n) is 7.51. The molecule has 0 aliphatic carbocycles. The minimum absolute atomic E-state index is 0.0889. The van der Waals surface area contributed by atoms with E-state index in [0.29, 0.717) is 39.9 Å². The molecule has 0 bridgehead atoms. The highest BCUT2D eigenvalue weighted by Crippen LogP contribution is 2.29. The molecule has 1 aromatic heterocycles. The van der Waals surface area contributed by atoms with E-state index in [4.69, 9.17) is 38.0 Å². The number of nitrogens with two attached hydrogens (primary N) is 1. The van der Waals surface area contributed by atoms with Gasteiger partial charge in [0, 0.05) is 29.0 Å². The summed E-state index contributed by atoms with van der Waals surface area (Å²) in [6.07, 6.45) is 0.530. The maximum absolute atomic E-state index is 13.0. The summed E-state index contributed by atoms with van der Waals surface area (Å²) in [6, 6.07) is 8.92. The molecule has 0 saturated heterocycles. The topological polar surface area (TPSA) is 82.5 Å². The molecule has 6 nitrogen and oxygen atoms in total. The monoisotopic (exact) mass is 515 g/mol. The molecule has 1 heterocycles. The Balaban J connectivity index is 1.72. The number of halogens is 2. The van der Waals surface area contributed by atoms with Crippen molar-refractivity contribution in [2.75, 3.05) is 12.4 Å². The Morgan fingerprint density at radius 3 is 2.25 bits per heavy atom. The molecule has 2 N–H and O–H groups in total. The molecule has 172 valence electrons. The number of rotatable bonds is 8. The average Bonchev–Trinajstić information content (AvgIpc) is 2.93. The van der Waals surface area contributed by atoms with Crippen LogP contribution in [0.2, 0.25) is 10.0 Å². The first-order valence-corrected chi connectivity index (χ1v) is 12.8. The fourth-order valence-electron chi connectivity index (χ4n) is 3.49. The van der Waals surface area contributed by atoms with Crippen LogP contribution in [-0.2, 0) is 27.9 Å².